The molecule has 6 nitrogen and oxygen atoms in total. The summed E-state index contributed by atoms with van der Waals surface area (Å²) >= 11 is 0. The number of H-pyrrole nitrogens is 1. The van der Waals surface area contributed by atoms with Gasteiger partial charge < -0.3 is 15.8 Å². The number of anilines is 1. The fraction of sp³-hybridized carbons (Fsp3) is 0.417. The lowest BCUT2D eigenvalue weighted by Gasteiger charge is -2.04. The maximum absolute atomic E-state index is 10.9. The molecule has 1 fully saturated rings. The Balaban J connectivity index is 1.89. The van der Waals surface area contributed by atoms with Crippen molar-refractivity contribution in [2.24, 2.45) is 5.92 Å². The summed E-state index contributed by atoms with van der Waals surface area (Å²) in [6, 6.07) is 3.57. The van der Waals surface area contributed by atoms with Crippen LogP contribution < -0.4 is 5.73 Å². The maximum atomic E-state index is 10.9. The van der Waals surface area contributed by atoms with Gasteiger partial charge in [0.05, 0.1) is 11.4 Å². The van der Waals surface area contributed by atoms with Crippen molar-refractivity contribution in [3.8, 4) is 0 Å². The molecular formula is C12H14N4O2. The van der Waals surface area contributed by atoms with Crippen molar-refractivity contribution < 1.29 is 9.90 Å². The highest BCUT2D eigenvalue weighted by atomic mass is 16.4. The third-order valence-corrected chi connectivity index (χ3v) is 3.55. The number of hydrogen-bond donors (Lipinski definition) is 3. The highest BCUT2D eigenvalue weighted by Crippen LogP contribution is 2.37. The first kappa shape index (κ1) is 11.0. The molecule has 1 aliphatic rings. The second kappa shape index (κ2) is 3.97. The monoisotopic (exact) mass is 246 g/mol. The van der Waals surface area contributed by atoms with Crippen molar-refractivity contribution >= 4 is 23.0 Å². The zero-order valence-electron chi connectivity index (χ0n) is 9.76. The zero-order valence-corrected chi connectivity index (χ0v) is 9.76. The summed E-state index contributed by atoms with van der Waals surface area (Å²) in [4.78, 5) is 22.7. The fourth-order valence-electron chi connectivity index (χ4n) is 2.57. The second-order valence-electron chi connectivity index (χ2n) is 4.77. The van der Waals surface area contributed by atoms with Crippen LogP contribution in [0.4, 0.5) is 5.82 Å². The molecule has 0 radical (unpaired) electrons. The first-order chi connectivity index (χ1) is 8.63. The van der Waals surface area contributed by atoms with E-state index in [4.69, 9.17) is 10.8 Å². The molecule has 0 amide bonds. The van der Waals surface area contributed by atoms with Gasteiger partial charge in [0.1, 0.15) is 11.6 Å². The van der Waals surface area contributed by atoms with Gasteiger partial charge in [0.2, 0.25) is 0 Å². The first-order valence-corrected chi connectivity index (χ1v) is 5.98. The lowest BCUT2D eigenvalue weighted by atomic mass is 10.0. The molecule has 2 heterocycles. The van der Waals surface area contributed by atoms with Crippen molar-refractivity contribution in [3.05, 3.63) is 18.0 Å². The van der Waals surface area contributed by atoms with Gasteiger partial charge in [0.15, 0.2) is 5.65 Å². The molecule has 3 rings (SSSR count). The van der Waals surface area contributed by atoms with Gasteiger partial charge in [0, 0.05) is 5.92 Å². The van der Waals surface area contributed by atoms with Crippen molar-refractivity contribution in [2.75, 3.05) is 5.73 Å². The molecule has 6 heteroatoms. The van der Waals surface area contributed by atoms with Crippen LogP contribution in [-0.4, -0.2) is 26.0 Å². The SMILES string of the molecule is Nc1ccc2[nH]c(C3CCC(C(=O)O)C3)nc2n1. The fourth-order valence-corrected chi connectivity index (χ4v) is 2.57. The van der Waals surface area contributed by atoms with Crippen molar-refractivity contribution in [1.82, 2.24) is 15.0 Å². The number of nitrogens with zero attached hydrogens (tertiary/aromatic N) is 2. The number of aromatic amines is 1. The first-order valence-electron chi connectivity index (χ1n) is 5.98. The molecule has 2 unspecified atom stereocenters. The molecule has 2 aromatic heterocycles. The Bertz CT molecular complexity index is 607. The van der Waals surface area contributed by atoms with Gasteiger partial charge in [0.25, 0.3) is 0 Å². The number of carboxylic acids is 1. The lowest BCUT2D eigenvalue weighted by molar-refractivity contribution is -0.141. The minimum atomic E-state index is -0.712. The number of aromatic nitrogens is 3. The molecule has 0 aliphatic heterocycles. The van der Waals surface area contributed by atoms with Gasteiger partial charge in [-0.05, 0) is 31.4 Å². The normalized spacial score (nSPS) is 23.6. The summed E-state index contributed by atoms with van der Waals surface area (Å²) in [5.74, 6) is 0.487. The Morgan fingerprint density at radius 3 is 2.94 bits per heavy atom. The molecule has 1 aliphatic carbocycles. The summed E-state index contributed by atoms with van der Waals surface area (Å²) in [6.07, 6.45) is 2.21. The van der Waals surface area contributed by atoms with Crippen LogP contribution in [0.3, 0.4) is 0 Å². The summed E-state index contributed by atoms with van der Waals surface area (Å²) in [7, 11) is 0. The summed E-state index contributed by atoms with van der Waals surface area (Å²) in [6.45, 7) is 0. The lowest BCUT2D eigenvalue weighted by Crippen LogP contribution is -2.09. The maximum Gasteiger partial charge on any atom is 0.306 e. The molecular weight excluding hydrogens is 232 g/mol. The molecule has 2 atom stereocenters. The molecule has 94 valence electrons. The van der Waals surface area contributed by atoms with E-state index >= 15 is 0 Å². The largest absolute Gasteiger partial charge is 0.481 e. The Morgan fingerprint density at radius 2 is 2.22 bits per heavy atom. The minimum absolute atomic E-state index is 0.182. The number of imidazole rings is 1. The Morgan fingerprint density at radius 1 is 1.39 bits per heavy atom. The van der Waals surface area contributed by atoms with Gasteiger partial charge in [-0.15, -0.1) is 0 Å². The van der Waals surface area contributed by atoms with Gasteiger partial charge in [-0.2, -0.15) is 0 Å². The molecule has 0 spiro atoms. The molecule has 0 saturated heterocycles. The van der Waals surface area contributed by atoms with E-state index in [1.54, 1.807) is 6.07 Å². The number of nitrogens with one attached hydrogen (secondary N) is 1. The number of hydrogen-bond acceptors (Lipinski definition) is 4. The van der Waals surface area contributed by atoms with Crippen molar-refractivity contribution in [3.63, 3.8) is 0 Å². The van der Waals surface area contributed by atoms with Gasteiger partial charge in [-0.1, -0.05) is 0 Å². The number of aliphatic carboxylic acids is 1. The van der Waals surface area contributed by atoms with E-state index in [1.165, 1.54) is 0 Å². The Labute approximate surface area is 103 Å². The van der Waals surface area contributed by atoms with E-state index in [-0.39, 0.29) is 11.8 Å². The quantitative estimate of drug-likeness (QED) is 0.744. The zero-order chi connectivity index (χ0) is 12.7. The summed E-state index contributed by atoms with van der Waals surface area (Å²) in [5, 5.41) is 8.99. The summed E-state index contributed by atoms with van der Waals surface area (Å²) < 4.78 is 0. The van der Waals surface area contributed by atoms with Gasteiger partial charge >= 0.3 is 5.97 Å². The molecule has 0 aromatic carbocycles. The molecule has 1 saturated carbocycles. The Kier molecular flexibility index (Phi) is 2.43. The van der Waals surface area contributed by atoms with Crippen LogP contribution in [-0.2, 0) is 4.79 Å². The smallest absolute Gasteiger partial charge is 0.306 e. The van der Waals surface area contributed by atoms with Crippen LogP contribution in [0.15, 0.2) is 12.1 Å². The Hall–Kier alpha value is -2.11. The van der Waals surface area contributed by atoms with Crippen LogP contribution >= 0.6 is 0 Å². The number of carbonyl (C=O) groups is 1. The third kappa shape index (κ3) is 1.79. The third-order valence-electron chi connectivity index (χ3n) is 3.55. The van der Waals surface area contributed by atoms with E-state index in [0.717, 1.165) is 17.8 Å². The second-order valence-corrected chi connectivity index (χ2v) is 4.77. The van der Waals surface area contributed by atoms with E-state index < -0.39 is 5.97 Å². The number of fused-ring (bicyclic) bond motifs is 1. The molecule has 4 N–H and O–H groups in total. The van der Waals surface area contributed by atoms with Crippen molar-refractivity contribution in [2.45, 2.75) is 25.2 Å². The average Bonchev–Trinajstić information content (AvgIpc) is 2.93. The van der Waals surface area contributed by atoms with E-state index in [2.05, 4.69) is 15.0 Å². The van der Waals surface area contributed by atoms with Crippen LogP contribution in [0, 0.1) is 5.92 Å². The van der Waals surface area contributed by atoms with Crippen LogP contribution in [0.5, 0.6) is 0 Å². The number of carboxylic acid groups (broad SMARTS) is 1. The number of rotatable bonds is 2. The molecule has 18 heavy (non-hydrogen) atoms. The topological polar surface area (TPSA) is 105 Å². The number of nitrogens with two attached hydrogens (primary N) is 1. The molecule has 2 aromatic rings. The molecule has 0 bridgehead atoms. The van der Waals surface area contributed by atoms with Crippen molar-refractivity contribution in [1.29, 1.82) is 0 Å². The van der Waals surface area contributed by atoms with Gasteiger partial charge in [-0.25, -0.2) is 9.97 Å². The average molecular weight is 246 g/mol. The highest BCUT2D eigenvalue weighted by molar-refractivity contribution is 5.73. The number of pyridine rings is 1. The predicted molar refractivity (Wildman–Crippen MR) is 66.0 cm³/mol. The van der Waals surface area contributed by atoms with E-state index in [1.807, 2.05) is 6.07 Å². The highest BCUT2D eigenvalue weighted by Gasteiger charge is 2.32. The number of nitrogen functional groups attached to an aromatic ring is 1. The van der Waals surface area contributed by atoms with E-state index in [9.17, 15) is 4.79 Å². The van der Waals surface area contributed by atoms with Gasteiger partial charge in [-0.3, -0.25) is 4.79 Å². The summed E-state index contributed by atoms with van der Waals surface area (Å²) in [5.41, 5.74) is 7.05. The standard InChI is InChI=1S/C12H14N4O2/c13-9-4-3-8-11(15-9)16-10(14-8)6-1-2-7(5-6)12(17)18/h3-4,6-7H,1-2,5H2,(H,17,18)(H3,13,14,15,16). The van der Waals surface area contributed by atoms with E-state index in [0.29, 0.717) is 24.3 Å². The minimum Gasteiger partial charge on any atom is -0.481 e. The van der Waals surface area contributed by atoms with Crippen LogP contribution in [0.25, 0.3) is 11.2 Å². The van der Waals surface area contributed by atoms with Crippen LogP contribution in [0.1, 0.15) is 31.0 Å². The van der Waals surface area contributed by atoms with Crippen LogP contribution in [0.2, 0.25) is 0 Å². The predicted octanol–water partition coefficient (Wildman–Crippen LogP) is 1.51.